The molecule has 3 aromatic carbocycles. The molecule has 1 aliphatic heterocycles. The van der Waals surface area contributed by atoms with Crippen molar-refractivity contribution in [2.45, 2.75) is 19.4 Å². The average molecular weight is 389 g/mol. The van der Waals surface area contributed by atoms with Gasteiger partial charge in [-0.05, 0) is 42.6 Å². The van der Waals surface area contributed by atoms with Crippen LogP contribution in [-0.4, -0.2) is 31.1 Å². The van der Waals surface area contributed by atoms with E-state index in [-0.39, 0.29) is 24.4 Å². The lowest BCUT2D eigenvalue weighted by molar-refractivity contribution is -0.117. The highest BCUT2D eigenvalue weighted by Crippen LogP contribution is 2.25. The Bertz CT molecular complexity index is 1030. The van der Waals surface area contributed by atoms with E-state index in [0.717, 1.165) is 27.9 Å². The number of ether oxygens (including phenoxy) is 1. The predicted octanol–water partition coefficient (Wildman–Crippen LogP) is 4.17. The maximum atomic E-state index is 12.5. The Labute approximate surface area is 169 Å². The summed E-state index contributed by atoms with van der Waals surface area (Å²) in [7, 11) is 0. The molecule has 148 valence electrons. The molecule has 1 heterocycles. The molecule has 29 heavy (non-hydrogen) atoms. The molecule has 6 heteroatoms. The van der Waals surface area contributed by atoms with Gasteiger partial charge in [-0.1, -0.05) is 36.4 Å². The number of hydrogen-bond acceptors (Lipinski definition) is 3. The van der Waals surface area contributed by atoms with E-state index in [1.807, 2.05) is 73.7 Å². The first-order chi connectivity index (χ1) is 14.1. The molecular weight excluding hydrogens is 366 g/mol. The lowest BCUT2D eigenvalue weighted by Gasteiger charge is -2.18. The zero-order chi connectivity index (χ0) is 20.2. The van der Waals surface area contributed by atoms with Crippen LogP contribution in [0.5, 0.6) is 5.75 Å². The fraction of sp³-hybridized carbons (Fsp3) is 0.217. The molecule has 2 N–H and O–H groups in total. The molecule has 0 unspecified atom stereocenters. The van der Waals surface area contributed by atoms with E-state index < -0.39 is 0 Å². The molecule has 0 saturated carbocycles. The molecule has 0 spiro atoms. The number of carbonyl (C=O) groups is 2. The van der Waals surface area contributed by atoms with Crippen molar-refractivity contribution < 1.29 is 14.3 Å². The third-order valence-electron chi connectivity index (χ3n) is 4.96. The van der Waals surface area contributed by atoms with Crippen molar-refractivity contribution in [1.29, 1.82) is 0 Å². The summed E-state index contributed by atoms with van der Waals surface area (Å²) < 4.78 is 5.44. The van der Waals surface area contributed by atoms with Gasteiger partial charge in [0, 0.05) is 24.0 Å². The Balaban J connectivity index is 1.40. The van der Waals surface area contributed by atoms with Crippen LogP contribution in [0.1, 0.15) is 13.3 Å². The molecule has 3 amide bonds. The second-order valence-corrected chi connectivity index (χ2v) is 6.96. The summed E-state index contributed by atoms with van der Waals surface area (Å²) in [5.74, 6) is 0.761. The van der Waals surface area contributed by atoms with Crippen molar-refractivity contribution in [3.8, 4) is 5.75 Å². The van der Waals surface area contributed by atoms with Gasteiger partial charge in [-0.25, -0.2) is 4.79 Å². The van der Waals surface area contributed by atoms with Gasteiger partial charge in [0.15, 0.2) is 0 Å². The molecule has 1 saturated heterocycles. The largest absolute Gasteiger partial charge is 0.494 e. The van der Waals surface area contributed by atoms with Crippen LogP contribution >= 0.6 is 0 Å². The second kappa shape index (κ2) is 8.22. The normalized spacial score (nSPS) is 16.1. The smallest absolute Gasteiger partial charge is 0.319 e. The van der Waals surface area contributed by atoms with Crippen LogP contribution in [0, 0.1) is 0 Å². The van der Waals surface area contributed by atoms with E-state index in [9.17, 15) is 9.59 Å². The highest BCUT2D eigenvalue weighted by atomic mass is 16.5. The first-order valence-corrected chi connectivity index (χ1v) is 9.72. The van der Waals surface area contributed by atoms with Crippen LogP contribution < -0.4 is 20.3 Å². The van der Waals surface area contributed by atoms with Gasteiger partial charge >= 0.3 is 6.03 Å². The minimum absolute atomic E-state index is 0.00961. The molecule has 0 aromatic heterocycles. The van der Waals surface area contributed by atoms with E-state index in [4.69, 9.17) is 4.74 Å². The molecule has 0 aliphatic carbocycles. The number of hydrogen-bond donors (Lipinski definition) is 2. The van der Waals surface area contributed by atoms with Crippen LogP contribution in [-0.2, 0) is 4.79 Å². The van der Waals surface area contributed by atoms with E-state index in [2.05, 4.69) is 10.6 Å². The molecule has 1 fully saturated rings. The predicted molar refractivity (Wildman–Crippen MR) is 114 cm³/mol. The van der Waals surface area contributed by atoms with Gasteiger partial charge in [0.2, 0.25) is 5.91 Å². The van der Waals surface area contributed by atoms with Crippen molar-refractivity contribution in [2.75, 3.05) is 23.4 Å². The summed E-state index contributed by atoms with van der Waals surface area (Å²) in [6.45, 7) is 2.97. The Morgan fingerprint density at radius 2 is 1.83 bits per heavy atom. The van der Waals surface area contributed by atoms with Crippen LogP contribution in [0.4, 0.5) is 16.2 Å². The summed E-state index contributed by atoms with van der Waals surface area (Å²) in [6.07, 6.45) is 0.274. The van der Waals surface area contributed by atoms with Crippen molar-refractivity contribution in [2.24, 2.45) is 0 Å². The molecule has 0 bridgehead atoms. The summed E-state index contributed by atoms with van der Waals surface area (Å²) in [4.78, 5) is 26.6. The molecule has 1 atom stereocenters. The number of rotatable bonds is 5. The Morgan fingerprint density at radius 1 is 1.07 bits per heavy atom. The Kier molecular flexibility index (Phi) is 5.33. The van der Waals surface area contributed by atoms with Crippen LogP contribution in [0.3, 0.4) is 0 Å². The average Bonchev–Trinajstić information content (AvgIpc) is 3.09. The number of nitrogens with one attached hydrogen (secondary N) is 2. The van der Waals surface area contributed by atoms with Gasteiger partial charge in [-0.2, -0.15) is 0 Å². The maximum Gasteiger partial charge on any atom is 0.319 e. The minimum Gasteiger partial charge on any atom is -0.494 e. The molecule has 3 aromatic rings. The highest BCUT2D eigenvalue weighted by molar-refractivity contribution is 6.02. The number of amides is 3. The van der Waals surface area contributed by atoms with Gasteiger partial charge in [-0.3, -0.25) is 4.79 Å². The summed E-state index contributed by atoms with van der Waals surface area (Å²) in [6, 6.07) is 20.5. The van der Waals surface area contributed by atoms with Gasteiger partial charge in [-0.15, -0.1) is 0 Å². The van der Waals surface area contributed by atoms with Gasteiger partial charge in [0.25, 0.3) is 0 Å². The first kappa shape index (κ1) is 18.8. The number of anilines is 2. The maximum absolute atomic E-state index is 12.5. The fourth-order valence-corrected chi connectivity index (χ4v) is 3.62. The fourth-order valence-electron chi connectivity index (χ4n) is 3.62. The third-order valence-corrected chi connectivity index (χ3v) is 4.96. The molecule has 1 aliphatic rings. The Morgan fingerprint density at radius 3 is 2.62 bits per heavy atom. The third kappa shape index (κ3) is 4.16. The Hall–Kier alpha value is -3.54. The van der Waals surface area contributed by atoms with Gasteiger partial charge < -0.3 is 20.3 Å². The molecule has 0 radical (unpaired) electrons. The number of carbonyl (C=O) groups excluding carboxylic acids is 2. The number of nitrogens with zero attached hydrogens (tertiary/aromatic N) is 1. The zero-order valence-electron chi connectivity index (χ0n) is 16.2. The van der Waals surface area contributed by atoms with E-state index in [1.165, 1.54) is 0 Å². The number of fused-ring (bicyclic) bond motifs is 1. The van der Waals surface area contributed by atoms with Gasteiger partial charge in [0.05, 0.1) is 18.3 Å². The van der Waals surface area contributed by atoms with Crippen LogP contribution in [0.25, 0.3) is 10.8 Å². The van der Waals surface area contributed by atoms with Crippen LogP contribution in [0.15, 0.2) is 66.7 Å². The lowest BCUT2D eigenvalue weighted by atomic mass is 10.1. The first-order valence-electron chi connectivity index (χ1n) is 9.72. The molecule has 4 rings (SSSR count). The van der Waals surface area contributed by atoms with E-state index >= 15 is 0 Å². The highest BCUT2D eigenvalue weighted by Gasteiger charge is 2.31. The molecule has 6 nitrogen and oxygen atoms in total. The standard InChI is InChI=1S/C23H23N3O3/c1-2-29-19-12-10-18(11-13-19)26-15-17(14-22(26)27)24-23(28)25-21-9-5-7-16-6-3-4-8-20(16)21/h3-13,17H,2,14-15H2,1H3,(H2,24,25,28)/t17-/m0/s1. The monoisotopic (exact) mass is 389 g/mol. The van der Waals surface area contributed by atoms with E-state index in [1.54, 1.807) is 4.90 Å². The zero-order valence-corrected chi connectivity index (χ0v) is 16.2. The van der Waals surface area contributed by atoms with E-state index in [0.29, 0.717) is 13.2 Å². The topological polar surface area (TPSA) is 70.7 Å². The van der Waals surface area contributed by atoms with Crippen molar-refractivity contribution in [3.05, 3.63) is 66.7 Å². The van der Waals surface area contributed by atoms with Gasteiger partial charge in [0.1, 0.15) is 5.75 Å². The lowest BCUT2D eigenvalue weighted by Crippen LogP contribution is -2.39. The van der Waals surface area contributed by atoms with Crippen molar-refractivity contribution >= 4 is 34.1 Å². The number of benzene rings is 3. The summed E-state index contributed by atoms with van der Waals surface area (Å²) in [5, 5.41) is 7.86. The second-order valence-electron chi connectivity index (χ2n) is 6.96. The quantitative estimate of drug-likeness (QED) is 0.688. The SMILES string of the molecule is CCOc1ccc(N2C[C@@H](NC(=O)Nc3cccc4ccccc34)CC2=O)cc1. The summed E-state index contributed by atoms with van der Waals surface area (Å²) >= 11 is 0. The molecular formula is C23H23N3O3. The van der Waals surface area contributed by atoms with Crippen molar-refractivity contribution in [3.63, 3.8) is 0 Å². The number of urea groups is 1. The van der Waals surface area contributed by atoms with Crippen molar-refractivity contribution in [1.82, 2.24) is 5.32 Å². The summed E-state index contributed by atoms with van der Waals surface area (Å²) in [5.41, 5.74) is 1.55. The van der Waals surface area contributed by atoms with Crippen LogP contribution in [0.2, 0.25) is 0 Å². The minimum atomic E-state index is -0.312.